The zero-order valence-electron chi connectivity index (χ0n) is 8.03. The van der Waals surface area contributed by atoms with Crippen molar-refractivity contribution in [3.63, 3.8) is 0 Å². The molecule has 0 bridgehead atoms. The van der Waals surface area contributed by atoms with E-state index in [1.165, 1.54) is 11.1 Å². The fourth-order valence-corrected chi connectivity index (χ4v) is 1.48. The number of hydrogen-bond acceptors (Lipinski definition) is 0. The monoisotopic (exact) mass is 179 g/mol. The Hall–Kier alpha value is -0.300. The van der Waals surface area contributed by atoms with Gasteiger partial charge < -0.3 is 0 Å². The Kier molecular flexibility index (Phi) is 4.51. The molecule has 0 saturated heterocycles. The number of allylic oxidation sites excluding steroid dienone is 4. The van der Waals surface area contributed by atoms with Crippen molar-refractivity contribution in [2.24, 2.45) is 0 Å². The number of benzene rings is 1. The van der Waals surface area contributed by atoms with Gasteiger partial charge in [-0.25, -0.2) is 0 Å². The Morgan fingerprint density at radius 2 is 1.85 bits per heavy atom. The summed E-state index contributed by atoms with van der Waals surface area (Å²) in [6.45, 7) is 0. The Bertz CT molecular complexity index is 309. The normalized spacial score (nSPS) is 13.7. The van der Waals surface area contributed by atoms with E-state index in [-0.39, 0.29) is 29.6 Å². The molecular formula is C12H12Na+. The molecule has 0 unspecified atom stereocenters. The Labute approximate surface area is 102 Å². The summed E-state index contributed by atoms with van der Waals surface area (Å²) in [5, 5.41) is 0. The fourth-order valence-electron chi connectivity index (χ4n) is 1.48. The number of hydrogen-bond donors (Lipinski definition) is 0. The zero-order valence-corrected chi connectivity index (χ0v) is 10.0. The minimum Gasteiger partial charge on any atom is -0.0804 e. The third-order valence-corrected chi connectivity index (χ3v) is 2.12. The van der Waals surface area contributed by atoms with Crippen LogP contribution in [0.3, 0.4) is 0 Å². The molecule has 0 fully saturated rings. The molecular weight excluding hydrogens is 167 g/mol. The topological polar surface area (TPSA) is 0 Å². The van der Waals surface area contributed by atoms with Crippen molar-refractivity contribution in [1.29, 1.82) is 0 Å². The SMILES string of the molecule is C1=CCC(Cc2ccccc2)=C1.[Na+]. The quantitative estimate of drug-likeness (QED) is 0.566. The molecule has 0 aromatic heterocycles. The molecule has 1 aromatic rings. The van der Waals surface area contributed by atoms with E-state index in [1.807, 2.05) is 0 Å². The first-order chi connectivity index (χ1) is 5.95. The van der Waals surface area contributed by atoms with Crippen LogP contribution >= 0.6 is 0 Å². The van der Waals surface area contributed by atoms with Crippen LogP contribution in [0.5, 0.6) is 0 Å². The average molecular weight is 179 g/mol. The first-order valence-electron chi connectivity index (χ1n) is 4.33. The predicted octanol–water partition coefficient (Wildman–Crippen LogP) is 0.119. The molecule has 0 spiro atoms. The van der Waals surface area contributed by atoms with Crippen molar-refractivity contribution in [2.45, 2.75) is 12.8 Å². The van der Waals surface area contributed by atoms with Crippen LogP contribution in [0.2, 0.25) is 0 Å². The molecule has 0 N–H and O–H groups in total. The Balaban J connectivity index is 0.000000845. The van der Waals surface area contributed by atoms with Crippen LogP contribution < -0.4 is 29.6 Å². The maximum absolute atomic E-state index is 2.22. The third-order valence-electron chi connectivity index (χ3n) is 2.12. The van der Waals surface area contributed by atoms with E-state index in [1.54, 1.807) is 0 Å². The van der Waals surface area contributed by atoms with Crippen LogP contribution in [0.25, 0.3) is 0 Å². The molecule has 60 valence electrons. The van der Waals surface area contributed by atoms with Crippen LogP contribution in [-0.4, -0.2) is 0 Å². The van der Waals surface area contributed by atoms with Crippen molar-refractivity contribution < 1.29 is 29.6 Å². The Morgan fingerprint density at radius 1 is 1.08 bits per heavy atom. The van der Waals surface area contributed by atoms with Gasteiger partial charge in [-0.15, -0.1) is 0 Å². The van der Waals surface area contributed by atoms with Gasteiger partial charge in [0.15, 0.2) is 0 Å². The van der Waals surface area contributed by atoms with Gasteiger partial charge in [0.1, 0.15) is 0 Å². The first kappa shape index (κ1) is 10.8. The van der Waals surface area contributed by atoms with Crippen LogP contribution in [-0.2, 0) is 6.42 Å². The fraction of sp³-hybridized carbons (Fsp3) is 0.167. The summed E-state index contributed by atoms with van der Waals surface area (Å²) in [4.78, 5) is 0. The van der Waals surface area contributed by atoms with E-state index in [2.05, 4.69) is 48.6 Å². The van der Waals surface area contributed by atoms with E-state index in [0.29, 0.717) is 0 Å². The molecule has 13 heavy (non-hydrogen) atoms. The molecule has 2 rings (SSSR count). The number of rotatable bonds is 2. The third kappa shape index (κ3) is 3.15. The smallest absolute Gasteiger partial charge is 0.0804 e. The van der Waals surface area contributed by atoms with Gasteiger partial charge in [0.25, 0.3) is 0 Å². The molecule has 0 heterocycles. The van der Waals surface area contributed by atoms with Crippen molar-refractivity contribution in [3.8, 4) is 0 Å². The van der Waals surface area contributed by atoms with E-state index in [9.17, 15) is 0 Å². The van der Waals surface area contributed by atoms with E-state index in [4.69, 9.17) is 0 Å². The van der Waals surface area contributed by atoms with E-state index in [0.717, 1.165) is 12.8 Å². The summed E-state index contributed by atoms with van der Waals surface area (Å²) in [6.07, 6.45) is 8.80. The van der Waals surface area contributed by atoms with Gasteiger partial charge in [-0.1, -0.05) is 54.1 Å². The van der Waals surface area contributed by atoms with Gasteiger partial charge in [0.2, 0.25) is 0 Å². The summed E-state index contributed by atoms with van der Waals surface area (Å²) in [5.74, 6) is 0. The summed E-state index contributed by atoms with van der Waals surface area (Å²) < 4.78 is 0. The average Bonchev–Trinajstić information content (AvgIpc) is 2.59. The molecule has 0 saturated carbocycles. The van der Waals surface area contributed by atoms with Gasteiger partial charge >= 0.3 is 29.6 Å². The molecule has 1 aliphatic rings. The molecule has 0 aliphatic heterocycles. The maximum atomic E-state index is 2.22. The maximum Gasteiger partial charge on any atom is 1.00 e. The summed E-state index contributed by atoms with van der Waals surface area (Å²) in [6, 6.07) is 10.6. The van der Waals surface area contributed by atoms with Crippen molar-refractivity contribution in [2.75, 3.05) is 0 Å². The minimum atomic E-state index is 0. The van der Waals surface area contributed by atoms with Gasteiger partial charge in [-0.2, -0.15) is 0 Å². The van der Waals surface area contributed by atoms with Gasteiger partial charge in [0, 0.05) is 0 Å². The molecule has 0 nitrogen and oxygen atoms in total. The van der Waals surface area contributed by atoms with Crippen LogP contribution in [0, 0.1) is 0 Å². The molecule has 1 aliphatic carbocycles. The van der Waals surface area contributed by atoms with Crippen LogP contribution in [0.1, 0.15) is 12.0 Å². The molecule has 1 heteroatoms. The summed E-state index contributed by atoms with van der Waals surface area (Å²) >= 11 is 0. The molecule has 0 atom stereocenters. The molecule has 1 aromatic carbocycles. The van der Waals surface area contributed by atoms with Crippen LogP contribution in [0.4, 0.5) is 0 Å². The van der Waals surface area contributed by atoms with E-state index >= 15 is 0 Å². The first-order valence-corrected chi connectivity index (χ1v) is 4.33. The van der Waals surface area contributed by atoms with Gasteiger partial charge in [0.05, 0.1) is 0 Å². The summed E-state index contributed by atoms with van der Waals surface area (Å²) in [7, 11) is 0. The van der Waals surface area contributed by atoms with Gasteiger partial charge in [-0.05, 0) is 18.4 Å². The largest absolute Gasteiger partial charge is 1.00 e. The standard InChI is InChI=1S/C12H12.Na/c1-2-6-11(7-3-1)10-12-8-4-5-9-12;/h1-8H,9-10H2;/q;+1. The Morgan fingerprint density at radius 3 is 2.46 bits per heavy atom. The van der Waals surface area contributed by atoms with Crippen molar-refractivity contribution in [3.05, 3.63) is 59.7 Å². The van der Waals surface area contributed by atoms with Crippen LogP contribution in [0.15, 0.2) is 54.1 Å². The second-order valence-corrected chi connectivity index (χ2v) is 3.12. The minimum absolute atomic E-state index is 0. The van der Waals surface area contributed by atoms with Crippen molar-refractivity contribution in [1.82, 2.24) is 0 Å². The predicted molar refractivity (Wildman–Crippen MR) is 52.0 cm³/mol. The summed E-state index contributed by atoms with van der Waals surface area (Å²) in [5.41, 5.74) is 2.92. The second-order valence-electron chi connectivity index (χ2n) is 3.12. The zero-order chi connectivity index (χ0) is 8.23. The van der Waals surface area contributed by atoms with E-state index < -0.39 is 0 Å². The second kappa shape index (κ2) is 5.43. The van der Waals surface area contributed by atoms with Crippen molar-refractivity contribution >= 4 is 0 Å². The molecule has 0 radical (unpaired) electrons. The molecule has 0 amide bonds. The van der Waals surface area contributed by atoms with Gasteiger partial charge in [-0.3, -0.25) is 0 Å².